The van der Waals surface area contributed by atoms with Gasteiger partial charge in [0.15, 0.2) is 5.76 Å². The van der Waals surface area contributed by atoms with Gasteiger partial charge in [-0.25, -0.2) is 9.37 Å². The number of rotatable bonds is 4. The minimum Gasteiger partial charge on any atom is -0.423 e. The first-order chi connectivity index (χ1) is 16.6. The zero-order valence-electron chi connectivity index (χ0n) is 18.6. The fourth-order valence-corrected chi connectivity index (χ4v) is 4.88. The van der Waals surface area contributed by atoms with E-state index in [1.165, 1.54) is 16.9 Å². The van der Waals surface area contributed by atoms with Gasteiger partial charge in [0.1, 0.15) is 5.82 Å². The lowest BCUT2D eigenvalue weighted by atomic mass is 9.82. The van der Waals surface area contributed by atoms with Crippen LogP contribution in [0.5, 0.6) is 0 Å². The monoisotopic (exact) mass is 458 g/mol. The Balaban J connectivity index is 1.22. The lowest BCUT2D eigenvalue weighted by Crippen LogP contribution is -2.65. The average molecular weight is 458 g/mol. The molecule has 2 aromatic carbocycles. The van der Waals surface area contributed by atoms with Gasteiger partial charge in [0.2, 0.25) is 0 Å². The molecule has 9 heteroatoms. The molecule has 2 fully saturated rings. The molecule has 1 amide bonds. The number of benzene rings is 2. The zero-order chi connectivity index (χ0) is 23.2. The van der Waals surface area contributed by atoms with E-state index in [1.807, 2.05) is 30.0 Å². The first-order valence-corrected chi connectivity index (χ1v) is 11.3. The van der Waals surface area contributed by atoms with Crippen LogP contribution >= 0.6 is 0 Å². The first kappa shape index (κ1) is 20.6. The summed E-state index contributed by atoms with van der Waals surface area (Å²) in [5, 5.41) is 8.42. The molecule has 0 N–H and O–H groups in total. The summed E-state index contributed by atoms with van der Waals surface area (Å²) in [4.78, 5) is 23.5. The number of aromatic nitrogens is 4. The number of nitrogens with zero attached hydrogens (tertiary/aromatic N) is 6. The summed E-state index contributed by atoms with van der Waals surface area (Å²) < 4.78 is 19.6. The molecule has 2 aromatic heterocycles. The van der Waals surface area contributed by atoms with E-state index in [9.17, 15) is 9.18 Å². The van der Waals surface area contributed by atoms with Gasteiger partial charge in [0, 0.05) is 31.1 Å². The second-order valence-corrected chi connectivity index (χ2v) is 8.88. The average Bonchev–Trinajstić information content (AvgIpc) is 3.52. The van der Waals surface area contributed by atoms with E-state index in [-0.39, 0.29) is 17.8 Å². The molecule has 2 aliphatic heterocycles. The van der Waals surface area contributed by atoms with E-state index in [0.29, 0.717) is 47.6 Å². The summed E-state index contributed by atoms with van der Waals surface area (Å²) in [7, 11) is 0. The molecule has 0 radical (unpaired) electrons. The third-order valence-corrected chi connectivity index (χ3v) is 6.71. The third-order valence-electron chi connectivity index (χ3n) is 6.71. The van der Waals surface area contributed by atoms with Gasteiger partial charge < -0.3 is 14.2 Å². The van der Waals surface area contributed by atoms with Crippen molar-refractivity contribution in [2.24, 2.45) is 5.92 Å². The second kappa shape index (κ2) is 8.09. The van der Waals surface area contributed by atoms with Crippen molar-refractivity contribution in [3.05, 3.63) is 78.0 Å². The molecular weight excluding hydrogens is 435 g/mol. The molecule has 2 aliphatic rings. The molecule has 0 unspecified atom stereocenters. The number of carbonyl (C=O) groups is 1. The fraction of sp³-hybridized carbons (Fsp3) is 0.280. The van der Waals surface area contributed by atoms with Crippen molar-refractivity contribution in [1.29, 1.82) is 0 Å². The van der Waals surface area contributed by atoms with E-state index < -0.39 is 0 Å². The normalized spacial score (nSPS) is 19.6. The van der Waals surface area contributed by atoms with Crippen molar-refractivity contribution in [3.8, 4) is 17.0 Å². The number of fused-ring (bicyclic) bond motifs is 1. The lowest BCUT2D eigenvalue weighted by Gasteiger charge is -2.52. The van der Waals surface area contributed by atoms with Crippen LogP contribution in [0.25, 0.3) is 17.0 Å². The molecule has 8 nitrogen and oxygen atoms in total. The maximum Gasteiger partial charge on any atom is 0.298 e. The predicted molar refractivity (Wildman–Crippen MR) is 123 cm³/mol. The maximum atomic E-state index is 13.6. The van der Waals surface area contributed by atoms with Crippen LogP contribution in [-0.4, -0.2) is 56.5 Å². The van der Waals surface area contributed by atoms with Gasteiger partial charge in [-0.2, -0.15) is 15.0 Å². The molecule has 0 saturated carbocycles. The van der Waals surface area contributed by atoms with E-state index >= 15 is 0 Å². The largest absolute Gasteiger partial charge is 0.423 e. The van der Waals surface area contributed by atoms with E-state index in [0.717, 1.165) is 18.5 Å². The van der Waals surface area contributed by atoms with Gasteiger partial charge in [-0.3, -0.25) is 4.79 Å². The molecule has 0 spiro atoms. The number of hydrogen-bond acceptors (Lipinski definition) is 6. The predicted octanol–water partition coefficient (Wildman–Crippen LogP) is 3.72. The number of halogens is 1. The second-order valence-electron chi connectivity index (χ2n) is 8.88. The standard InChI is InChI=1S/C25H23FN6O2/c1-16-5-6-21(32-28-8-9-29-32)20(11-16)24(33)30-10-7-18-14-31(22(18)15-30)25-27-13-23(34-25)17-3-2-4-19(26)12-17/h2-6,8-9,11-13,18,22H,7,10,14-15H2,1H3/t18-,22-/m0/s1. The number of likely N-dealkylation sites (tertiary alicyclic amines) is 1. The van der Waals surface area contributed by atoms with Crippen LogP contribution in [0.4, 0.5) is 10.4 Å². The molecule has 6 rings (SSSR count). The van der Waals surface area contributed by atoms with Gasteiger partial charge in [0.05, 0.1) is 35.9 Å². The van der Waals surface area contributed by atoms with E-state index in [1.54, 1.807) is 30.7 Å². The fourth-order valence-electron chi connectivity index (χ4n) is 4.88. The number of anilines is 1. The lowest BCUT2D eigenvalue weighted by molar-refractivity contribution is 0.0582. The zero-order valence-corrected chi connectivity index (χ0v) is 18.6. The summed E-state index contributed by atoms with van der Waals surface area (Å²) in [6.07, 6.45) is 5.74. The Labute approximate surface area is 195 Å². The topological polar surface area (TPSA) is 80.3 Å². The molecular formula is C25H23FN6O2. The minimum absolute atomic E-state index is 0.0332. The maximum absolute atomic E-state index is 13.6. The highest BCUT2D eigenvalue weighted by atomic mass is 19.1. The Morgan fingerprint density at radius 3 is 2.79 bits per heavy atom. The number of carbonyl (C=O) groups excluding carboxylic acids is 1. The van der Waals surface area contributed by atoms with Gasteiger partial charge in [0.25, 0.3) is 11.9 Å². The van der Waals surface area contributed by atoms with Crippen LogP contribution in [-0.2, 0) is 0 Å². The van der Waals surface area contributed by atoms with Gasteiger partial charge in [-0.1, -0.05) is 23.8 Å². The molecule has 4 aromatic rings. The number of amides is 1. The van der Waals surface area contributed by atoms with Gasteiger partial charge in [-0.05, 0) is 37.6 Å². The van der Waals surface area contributed by atoms with Crippen LogP contribution in [0.3, 0.4) is 0 Å². The molecule has 172 valence electrons. The highest BCUT2D eigenvalue weighted by Crippen LogP contribution is 2.38. The minimum atomic E-state index is -0.318. The summed E-state index contributed by atoms with van der Waals surface area (Å²) >= 11 is 0. The van der Waals surface area contributed by atoms with Crippen molar-refractivity contribution < 1.29 is 13.6 Å². The molecule has 34 heavy (non-hydrogen) atoms. The van der Waals surface area contributed by atoms with Gasteiger partial charge in [-0.15, -0.1) is 0 Å². The van der Waals surface area contributed by atoms with Crippen molar-refractivity contribution in [2.45, 2.75) is 19.4 Å². The quantitative estimate of drug-likeness (QED) is 0.464. The number of aryl methyl sites for hydroxylation is 1. The van der Waals surface area contributed by atoms with Crippen molar-refractivity contribution in [1.82, 2.24) is 24.9 Å². The van der Waals surface area contributed by atoms with E-state index in [2.05, 4.69) is 20.1 Å². The Bertz CT molecular complexity index is 1350. The smallest absolute Gasteiger partial charge is 0.298 e. The number of hydrogen-bond donors (Lipinski definition) is 0. The highest BCUT2D eigenvalue weighted by Gasteiger charge is 2.45. The SMILES string of the molecule is Cc1ccc(-n2nccn2)c(C(=O)N2CC[C@H]3CN(c4ncc(-c5cccc(F)c5)o4)[C@H]3C2)c1. The van der Waals surface area contributed by atoms with Crippen LogP contribution < -0.4 is 4.90 Å². The number of oxazole rings is 1. The van der Waals surface area contributed by atoms with Crippen molar-refractivity contribution in [3.63, 3.8) is 0 Å². The molecule has 2 atom stereocenters. The van der Waals surface area contributed by atoms with Crippen molar-refractivity contribution >= 4 is 11.9 Å². The third kappa shape index (κ3) is 3.53. The van der Waals surface area contributed by atoms with Crippen LogP contribution in [0.15, 0.2) is 65.5 Å². The van der Waals surface area contributed by atoms with Crippen LogP contribution in [0.1, 0.15) is 22.3 Å². The first-order valence-electron chi connectivity index (χ1n) is 11.3. The van der Waals surface area contributed by atoms with Crippen LogP contribution in [0, 0.1) is 18.7 Å². The summed E-state index contributed by atoms with van der Waals surface area (Å²) in [5.41, 5.74) is 2.91. The summed E-state index contributed by atoms with van der Waals surface area (Å²) in [6, 6.07) is 12.6. The van der Waals surface area contributed by atoms with Crippen LogP contribution in [0.2, 0.25) is 0 Å². The Hall–Kier alpha value is -4.01. The number of piperidine rings is 1. The molecule has 4 heterocycles. The highest BCUT2D eigenvalue weighted by molar-refractivity contribution is 5.98. The molecule has 0 aliphatic carbocycles. The van der Waals surface area contributed by atoms with E-state index in [4.69, 9.17) is 4.42 Å². The Morgan fingerprint density at radius 1 is 1.12 bits per heavy atom. The Kier molecular flexibility index (Phi) is 4.90. The summed E-state index contributed by atoms with van der Waals surface area (Å²) in [5.74, 6) is 0.659. The molecule has 2 saturated heterocycles. The molecule has 0 bridgehead atoms. The van der Waals surface area contributed by atoms with Gasteiger partial charge >= 0.3 is 0 Å². The van der Waals surface area contributed by atoms with Crippen molar-refractivity contribution in [2.75, 3.05) is 24.5 Å². The Morgan fingerprint density at radius 2 is 1.97 bits per heavy atom. The summed E-state index contributed by atoms with van der Waals surface area (Å²) in [6.45, 7) is 4.09.